The minimum Gasteiger partial charge on any atom is -0.463 e. The predicted octanol–water partition coefficient (Wildman–Crippen LogP) is 19.1. The molecule has 0 spiro atoms. The van der Waals surface area contributed by atoms with E-state index >= 15 is 0 Å². The van der Waals surface area contributed by atoms with Crippen LogP contribution in [-0.4, -0.2) is 95.9 Å². The first-order valence-corrected chi connectivity index (χ1v) is 37.5. The molecule has 89 heavy (non-hydrogen) atoms. The lowest BCUT2D eigenvalue weighted by Gasteiger charge is -2.21. The van der Waals surface area contributed by atoms with Crippen molar-refractivity contribution in [3.8, 4) is 0 Å². The van der Waals surface area contributed by atoms with Gasteiger partial charge in [0.2, 0.25) is 0 Å². The minimum atomic E-state index is -4.93. The van der Waals surface area contributed by atoms with E-state index in [9.17, 15) is 43.5 Å². The number of ether oxygens (including phenoxy) is 3. The van der Waals surface area contributed by atoms with Crippen molar-refractivity contribution in [3.05, 3.63) is 97.2 Å². The van der Waals surface area contributed by atoms with Crippen molar-refractivity contribution >= 4 is 33.6 Å². The van der Waals surface area contributed by atoms with Crippen LogP contribution in [0.25, 0.3) is 0 Å². The lowest BCUT2D eigenvalue weighted by Crippen LogP contribution is -2.30. The first kappa shape index (κ1) is 85.5. The number of rotatable bonds is 65. The number of aliphatic hydroxyl groups is 2. The van der Waals surface area contributed by atoms with Gasteiger partial charge in [0.15, 0.2) is 6.10 Å². The van der Waals surface area contributed by atoms with Gasteiger partial charge in [-0.05, 0) is 103 Å². The SMILES string of the molecule is CC/C=C\C/C=C\C/C=C\C/C=C\CCCCCCCCC(=O)OCC(COP(=O)(O)OCC(O)COP(=O)(O)OCC(O)COC(=O)CCCCCCC/C=C\C/C=C\C/C=C\C/C=C\CCCCC)OC(=O)CCCCCCCCCCCCCCC. The zero-order chi connectivity index (χ0) is 65.3. The molecule has 0 radical (unpaired) electrons. The number of hydrogen-bond donors (Lipinski definition) is 4. The molecule has 18 heteroatoms. The quantitative estimate of drug-likeness (QED) is 0.0146. The summed E-state index contributed by atoms with van der Waals surface area (Å²) in [6, 6.07) is 0. The van der Waals surface area contributed by atoms with Crippen LogP contribution in [0.3, 0.4) is 0 Å². The Morgan fingerprint density at radius 1 is 0.326 bits per heavy atom. The van der Waals surface area contributed by atoms with Crippen LogP contribution in [0.2, 0.25) is 0 Å². The van der Waals surface area contributed by atoms with Gasteiger partial charge in [-0.15, -0.1) is 0 Å². The number of allylic oxidation sites excluding steroid dienone is 16. The van der Waals surface area contributed by atoms with Crippen LogP contribution in [-0.2, 0) is 55.8 Å². The molecule has 0 aliphatic carbocycles. The molecule has 0 saturated carbocycles. The normalized spacial score (nSPS) is 14.8. The van der Waals surface area contributed by atoms with E-state index in [2.05, 4.69) is 118 Å². The third-order valence-electron chi connectivity index (χ3n) is 14.3. The van der Waals surface area contributed by atoms with E-state index < -0.39 is 91.5 Å². The number of carbonyl (C=O) groups excluding carboxylic acids is 3. The van der Waals surface area contributed by atoms with Crippen LogP contribution in [0.1, 0.15) is 278 Å². The molecule has 16 nitrogen and oxygen atoms in total. The molecule has 514 valence electrons. The highest BCUT2D eigenvalue weighted by Gasteiger charge is 2.29. The highest BCUT2D eigenvalue weighted by molar-refractivity contribution is 7.47. The topological polar surface area (TPSA) is 231 Å². The van der Waals surface area contributed by atoms with E-state index in [4.69, 9.17) is 32.3 Å². The monoisotopic (exact) mass is 1290 g/mol. The molecule has 0 amide bonds. The van der Waals surface area contributed by atoms with E-state index in [0.29, 0.717) is 19.3 Å². The molecule has 5 atom stereocenters. The molecule has 5 unspecified atom stereocenters. The van der Waals surface area contributed by atoms with E-state index in [-0.39, 0.29) is 19.3 Å². The van der Waals surface area contributed by atoms with Crippen LogP contribution >= 0.6 is 15.6 Å². The molecule has 0 aromatic heterocycles. The third-order valence-corrected chi connectivity index (χ3v) is 16.2. The van der Waals surface area contributed by atoms with Gasteiger partial charge >= 0.3 is 33.6 Å². The smallest absolute Gasteiger partial charge is 0.463 e. The van der Waals surface area contributed by atoms with Crippen molar-refractivity contribution < 1.29 is 75.8 Å². The zero-order valence-corrected chi connectivity index (χ0v) is 57.4. The van der Waals surface area contributed by atoms with Crippen LogP contribution in [0, 0.1) is 0 Å². The van der Waals surface area contributed by atoms with Crippen molar-refractivity contribution in [2.45, 2.75) is 296 Å². The molecule has 0 rings (SSSR count). The summed E-state index contributed by atoms with van der Waals surface area (Å²) in [6.07, 6.45) is 70.2. The van der Waals surface area contributed by atoms with Gasteiger partial charge in [0.1, 0.15) is 25.4 Å². The number of phosphoric ester groups is 2. The average molecular weight is 1300 g/mol. The number of unbranched alkanes of at least 4 members (excludes halogenated alkanes) is 26. The summed E-state index contributed by atoms with van der Waals surface area (Å²) in [6.45, 7) is 2.50. The van der Waals surface area contributed by atoms with Crippen molar-refractivity contribution in [3.63, 3.8) is 0 Å². The Hall–Kier alpha value is -3.53. The molecule has 0 saturated heterocycles. The standard InChI is InChI=1S/C71H124O16P2/c1-4-7-10-13-16-19-22-25-27-29-31-32-34-36-37-40-42-45-48-51-54-57-69(74)81-60-66(72)61-83-88(77,78)84-62-67(73)63-85-89(79,80)86-65-68(87-71(76)59-56-53-50-47-44-39-24-21-18-15-12-9-6-3)64-82-70(75)58-55-52-49-46-43-41-38-35-33-30-28-26-23-20-17-14-11-8-5-2/h8,11,16-17,19-20,25-28,31-33,35-37,66-68,72-73H,4-7,9-10,12-15,18,21-24,29-30,34,38-65H2,1-3H3,(H,77,78)(H,79,80)/b11-8-,19-16-,20-17-,27-25-,28-26-,32-31-,35-33-,37-36-. The second-order valence-corrected chi connectivity index (χ2v) is 25.9. The molecule has 0 heterocycles. The van der Waals surface area contributed by atoms with Gasteiger partial charge in [0.25, 0.3) is 0 Å². The summed E-state index contributed by atoms with van der Waals surface area (Å²) >= 11 is 0. The minimum absolute atomic E-state index is 0.103. The largest absolute Gasteiger partial charge is 0.472 e. The maximum absolute atomic E-state index is 12.9. The lowest BCUT2D eigenvalue weighted by atomic mass is 10.0. The van der Waals surface area contributed by atoms with Crippen LogP contribution in [0.5, 0.6) is 0 Å². The van der Waals surface area contributed by atoms with E-state index in [0.717, 1.165) is 141 Å². The number of phosphoric acid groups is 2. The Balaban J connectivity index is 4.65. The van der Waals surface area contributed by atoms with E-state index in [1.54, 1.807) is 0 Å². The molecular formula is C71H124O16P2. The van der Waals surface area contributed by atoms with Crippen molar-refractivity contribution in [2.24, 2.45) is 0 Å². The zero-order valence-electron chi connectivity index (χ0n) is 55.6. The summed E-state index contributed by atoms with van der Waals surface area (Å²) < 4.78 is 60.9. The maximum atomic E-state index is 12.9. The first-order valence-electron chi connectivity index (χ1n) is 34.5. The van der Waals surface area contributed by atoms with E-state index in [1.807, 2.05) is 0 Å². The molecule has 0 bridgehead atoms. The van der Waals surface area contributed by atoms with E-state index in [1.165, 1.54) is 77.0 Å². The van der Waals surface area contributed by atoms with Gasteiger partial charge in [-0.1, -0.05) is 253 Å². The number of hydrogen-bond acceptors (Lipinski definition) is 14. The Morgan fingerprint density at radius 3 is 0.966 bits per heavy atom. The summed E-state index contributed by atoms with van der Waals surface area (Å²) in [4.78, 5) is 58.4. The summed E-state index contributed by atoms with van der Waals surface area (Å²) in [5, 5.41) is 20.5. The first-order chi connectivity index (χ1) is 43.2. The van der Waals surface area contributed by atoms with Crippen LogP contribution in [0.4, 0.5) is 0 Å². The van der Waals surface area contributed by atoms with Gasteiger partial charge < -0.3 is 34.2 Å². The van der Waals surface area contributed by atoms with Crippen LogP contribution < -0.4 is 0 Å². The van der Waals surface area contributed by atoms with Crippen molar-refractivity contribution in [1.29, 1.82) is 0 Å². The Bertz CT molecular complexity index is 2010. The number of carbonyl (C=O) groups is 3. The third kappa shape index (κ3) is 65.8. The summed E-state index contributed by atoms with van der Waals surface area (Å²) in [7, 11) is -9.78. The van der Waals surface area contributed by atoms with Gasteiger partial charge in [-0.2, -0.15) is 0 Å². The Morgan fingerprint density at radius 2 is 0.596 bits per heavy atom. The second kappa shape index (κ2) is 64.6. The number of aliphatic hydroxyl groups excluding tert-OH is 2. The molecule has 0 aromatic carbocycles. The van der Waals surface area contributed by atoms with Crippen LogP contribution in [0.15, 0.2) is 97.2 Å². The molecule has 0 aromatic rings. The maximum Gasteiger partial charge on any atom is 0.472 e. The molecule has 4 N–H and O–H groups in total. The fourth-order valence-electron chi connectivity index (χ4n) is 9.02. The van der Waals surface area contributed by atoms with Crippen molar-refractivity contribution in [1.82, 2.24) is 0 Å². The number of esters is 3. The molecule has 0 aliphatic heterocycles. The fourth-order valence-corrected chi connectivity index (χ4v) is 10.6. The highest BCUT2D eigenvalue weighted by Crippen LogP contribution is 2.45. The summed E-state index contributed by atoms with van der Waals surface area (Å²) in [5.41, 5.74) is 0. The highest BCUT2D eigenvalue weighted by atomic mass is 31.2. The second-order valence-electron chi connectivity index (χ2n) is 23.0. The molecule has 0 fully saturated rings. The predicted molar refractivity (Wildman–Crippen MR) is 362 cm³/mol. The Kier molecular flexibility index (Phi) is 62.0. The van der Waals surface area contributed by atoms with Gasteiger partial charge in [0.05, 0.1) is 26.4 Å². The Labute approximate surface area is 539 Å². The lowest BCUT2D eigenvalue weighted by molar-refractivity contribution is -0.161. The van der Waals surface area contributed by atoms with Gasteiger partial charge in [0, 0.05) is 19.3 Å². The fraction of sp³-hybridized carbons (Fsp3) is 0.732. The van der Waals surface area contributed by atoms with Crippen molar-refractivity contribution in [2.75, 3.05) is 39.6 Å². The molecular weight excluding hydrogens is 1170 g/mol. The summed E-state index contributed by atoms with van der Waals surface area (Å²) in [5.74, 6) is -1.60. The van der Waals surface area contributed by atoms with Gasteiger partial charge in [-0.3, -0.25) is 32.5 Å². The van der Waals surface area contributed by atoms with Gasteiger partial charge in [-0.25, -0.2) is 9.13 Å². The molecule has 0 aliphatic rings. The average Bonchev–Trinajstić information content (AvgIpc) is 3.72.